The monoisotopic (exact) mass is 488 g/mol. The zero-order chi connectivity index (χ0) is 23.8. The van der Waals surface area contributed by atoms with Gasteiger partial charge in [0, 0.05) is 16.8 Å². The Morgan fingerprint density at radius 2 is 1.67 bits per heavy atom. The Balaban J connectivity index is 1.75. The molecule has 2 aromatic carbocycles. The van der Waals surface area contributed by atoms with Crippen LogP contribution in [0.5, 0.6) is 11.5 Å². The fraction of sp³-hybridized carbons (Fsp3) is 0.375. The first-order chi connectivity index (χ1) is 15.9. The van der Waals surface area contributed by atoms with Gasteiger partial charge < -0.3 is 14.8 Å². The summed E-state index contributed by atoms with van der Waals surface area (Å²) in [6, 6.07) is 14.9. The smallest absolute Gasteiger partial charge is 0.230 e. The van der Waals surface area contributed by atoms with Gasteiger partial charge in [-0.05, 0) is 68.3 Å². The normalized spacial score (nSPS) is 11.9. The number of amides is 1. The van der Waals surface area contributed by atoms with E-state index in [1.807, 2.05) is 54.8 Å². The standard InChI is InChI=1S/C24H29ClN4O3S/c1-5-31-20-10-12-21(13-11-20)32-14-22-27-28-24(29(22)19-8-6-18(25)7-9-19)33-15-23(30)26-17(4)16(2)3/h6-13,16-17H,5,14-15H2,1-4H3,(H,26,30). The molecule has 0 aliphatic heterocycles. The lowest BCUT2D eigenvalue weighted by Crippen LogP contribution is -2.37. The minimum absolute atomic E-state index is 0.0426. The van der Waals surface area contributed by atoms with E-state index in [1.54, 1.807) is 12.1 Å². The number of ether oxygens (including phenoxy) is 2. The molecule has 3 rings (SSSR count). The van der Waals surface area contributed by atoms with Crippen molar-refractivity contribution in [2.45, 2.75) is 45.5 Å². The largest absolute Gasteiger partial charge is 0.494 e. The maximum atomic E-state index is 12.4. The maximum Gasteiger partial charge on any atom is 0.230 e. The molecule has 0 spiro atoms. The van der Waals surface area contributed by atoms with E-state index in [0.717, 1.165) is 11.4 Å². The quantitative estimate of drug-likeness (QED) is 0.376. The van der Waals surface area contributed by atoms with Gasteiger partial charge in [-0.25, -0.2) is 0 Å². The predicted octanol–water partition coefficient (Wildman–Crippen LogP) is 5.15. The highest BCUT2D eigenvalue weighted by atomic mass is 35.5. The van der Waals surface area contributed by atoms with Crippen LogP contribution >= 0.6 is 23.4 Å². The van der Waals surface area contributed by atoms with Gasteiger partial charge in [-0.3, -0.25) is 9.36 Å². The van der Waals surface area contributed by atoms with E-state index in [-0.39, 0.29) is 24.3 Å². The zero-order valence-electron chi connectivity index (χ0n) is 19.2. The maximum absolute atomic E-state index is 12.4. The van der Waals surface area contributed by atoms with Crippen molar-refractivity contribution < 1.29 is 14.3 Å². The number of nitrogens with zero attached hydrogens (tertiary/aromatic N) is 3. The molecular formula is C24H29ClN4O3S. The topological polar surface area (TPSA) is 78.3 Å². The molecule has 9 heteroatoms. The van der Waals surface area contributed by atoms with Crippen LogP contribution in [-0.2, 0) is 11.4 Å². The van der Waals surface area contributed by atoms with Gasteiger partial charge >= 0.3 is 0 Å². The van der Waals surface area contributed by atoms with Crippen LogP contribution in [0.15, 0.2) is 53.7 Å². The number of rotatable bonds is 11. The van der Waals surface area contributed by atoms with Crippen molar-refractivity contribution in [1.82, 2.24) is 20.1 Å². The number of aromatic nitrogens is 3. The van der Waals surface area contributed by atoms with Crippen molar-refractivity contribution in [3.8, 4) is 17.2 Å². The van der Waals surface area contributed by atoms with Gasteiger partial charge in [-0.2, -0.15) is 0 Å². The highest BCUT2D eigenvalue weighted by Crippen LogP contribution is 2.25. The Morgan fingerprint density at radius 3 is 2.27 bits per heavy atom. The highest BCUT2D eigenvalue weighted by molar-refractivity contribution is 7.99. The minimum Gasteiger partial charge on any atom is -0.494 e. The van der Waals surface area contributed by atoms with E-state index >= 15 is 0 Å². The van der Waals surface area contributed by atoms with Crippen LogP contribution in [0, 0.1) is 5.92 Å². The summed E-state index contributed by atoms with van der Waals surface area (Å²) in [6.07, 6.45) is 0. The molecule has 1 heterocycles. The summed E-state index contributed by atoms with van der Waals surface area (Å²) in [4.78, 5) is 12.4. The third-order valence-electron chi connectivity index (χ3n) is 5.01. The zero-order valence-corrected chi connectivity index (χ0v) is 20.8. The summed E-state index contributed by atoms with van der Waals surface area (Å²) in [5.41, 5.74) is 0.841. The molecule has 176 valence electrons. The van der Waals surface area contributed by atoms with Gasteiger partial charge in [0.15, 0.2) is 11.0 Å². The van der Waals surface area contributed by atoms with Crippen molar-refractivity contribution in [1.29, 1.82) is 0 Å². The van der Waals surface area contributed by atoms with Crippen LogP contribution in [0.4, 0.5) is 0 Å². The van der Waals surface area contributed by atoms with E-state index in [9.17, 15) is 4.79 Å². The summed E-state index contributed by atoms with van der Waals surface area (Å²) in [6.45, 7) is 8.91. The van der Waals surface area contributed by atoms with Gasteiger partial charge in [-0.1, -0.05) is 37.2 Å². The number of carbonyl (C=O) groups is 1. The van der Waals surface area contributed by atoms with Gasteiger partial charge in [0.1, 0.15) is 18.1 Å². The number of hydrogen-bond donors (Lipinski definition) is 1. The molecule has 3 aromatic rings. The van der Waals surface area contributed by atoms with Crippen LogP contribution in [-0.4, -0.2) is 39.1 Å². The van der Waals surface area contributed by atoms with E-state index < -0.39 is 0 Å². The molecule has 1 amide bonds. The third kappa shape index (κ3) is 7.14. The molecule has 0 bridgehead atoms. The van der Waals surface area contributed by atoms with Gasteiger partial charge in [0.2, 0.25) is 5.91 Å². The number of carbonyl (C=O) groups excluding carboxylic acids is 1. The summed E-state index contributed by atoms with van der Waals surface area (Å²) in [5, 5.41) is 12.9. The second kappa shape index (κ2) is 12.0. The first-order valence-electron chi connectivity index (χ1n) is 10.9. The lowest BCUT2D eigenvalue weighted by molar-refractivity contribution is -0.119. The lowest BCUT2D eigenvalue weighted by Gasteiger charge is -2.17. The van der Waals surface area contributed by atoms with E-state index in [4.69, 9.17) is 21.1 Å². The second-order valence-electron chi connectivity index (χ2n) is 7.79. The predicted molar refractivity (Wildman–Crippen MR) is 131 cm³/mol. The number of nitrogens with one attached hydrogen (secondary N) is 1. The third-order valence-corrected chi connectivity index (χ3v) is 6.19. The molecule has 0 saturated heterocycles. The van der Waals surface area contributed by atoms with Crippen LogP contribution in [0.3, 0.4) is 0 Å². The average molecular weight is 489 g/mol. The molecule has 1 atom stereocenters. The van der Waals surface area contributed by atoms with E-state index in [0.29, 0.717) is 34.3 Å². The number of hydrogen-bond acceptors (Lipinski definition) is 6. The first-order valence-corrected chi connectivity index (χ1v) is 12.2. The Bertz CT molecular complexity index is 1040. The fourth-order valence-corrected chi connectivity index (χ4v) is 3.78. The van der Waals surface area contributed by atoms with Gasteiger partial charge in [0.25, 0.3) is 0 Å². The molecule has 0 aliphatic rings. The molecule has 1 aromatic heterocycles. The number of benzene rings is 2. The Labute approximate surface area is 203 Å². The van der Waals surface area contributed by atoms with Crippen LogP contribution < -0.4 is 14.8 Å². The fourth-order valence-electron chi connectivity index (χ4n) is 2.88. The summed E-state index contributed by atoms with van der Waals surface area (Å²) in [7, 11) is 0. The highest BCUT2D eigenvalue weighted by Gasteiger charge is 2.18. The van der Waals surface area contributed by atoms with E-state index in [2.05, 4.69) is 29.4 Å². The molecule has 0 fully saturated rings. The Morgan fingerprint density at radius 1 is 1.03 bits per heavy atom. The van der Waals surface area contributed by atoms with Crippen LogP contribution in [0.1, 0.15) is 33.5 Å². The molecule has 0 saturated carbocycles. The van der Waals surface area contributed by atoms with Crippen molar-refractivity contribution in [2.75, 3.05) is 12.4 Å². The van der Waals surface area contributed by atoms with Crippen LogP contribution in [0.25, 0.3) is 5.69 Å². The first kappa shape index (κ1) is 24.9. The molecule has 1 unspecified atom stereocenters. The van der Waals surface area contributed by atoms with Crippen molar-refractivity contribution >= 4 is 29.3 Å². The minimum atomic E-state index is -0.0426. The van der Waals surface area contributed by atoms with E-state index in [1.165, 1.54) is 11.8 Å². The van der Waals surface area contributed by atoms with Crippen molar-refractivity contribution in [2.24, 2.45) is 5.92 Å². The van der Waals surface area contributed by atoms with Gasteiger partial charge in [0.05, 0.1) is 12.4 Å². The Hall–Kier alpha value is -2.71. The molecule has 0 aliphatic carbocycles. The van der Waals surface area contributed by atoms with Crippen LogP contribution in [0.2, 0.25) is 5.02 Å². The average Bonchev–Trinajstić information content (AvgIpc) is 3.20. The lowest BCUT2D eigenvalue weighted by atomic mass is 10.1. The SMILES string of the molecule is CCOc1ccc(OCc2nnc(SCC(=O)NC(C)C(C)C)n2-c2ccc(Cl)cc2)cc1. The van der Waals surface area contributed by atoms with Crippen molar-refractivity contribution in [3.63, 3.8) is 0 Å². The van der Waals surface area contributed by atoms with Crippen molar-refractivity contribution in [3.05, 3.63) is 59.4 Å². The molecule has 7 nitrogen and oxygen atoms in total. The molecular weight excluding hydrogens is 460 g/mol. The number of thioether (sulfide) groups is 1. The Kier molecular flexibility index (Phi) is 9.03. The summed E-state index contributed by atoms with van der Waals surface area (Å²) >= 11 is 7.40. The summed E-state index contributed by atoms with van der Waals surface area (Å²) in [5.74, 6) is 2.66. The van der Waals surface area contributed by atoms with Gasteiger partial charge in [-0.15, -0.1) is 10.2 Å². The molecule has 0 radical (unpaired) electrons. The molecule has 1 N–H and O–H groups in total. The molecule has 33 heavy (non-hydrogen) atoms. The summed E-state index contributed by atoms with van der Waals surface area (Å²) < 4.78 is 13.3. The second-order valence-corrected chi connectivity index (χ2v) is 9.17. The number of halogens is 1.